The maximum atomic E-state index is 13.5. The van der Waals surface area contributed by atoms with Gasteiger partial charge >= 0.3 is 0 Å². The molecule has 3 aromatic rings. The second-order valence-corrected chi connectivity index (χ2v) is 7.01. The van der Waals surface area contributed by atoms with Crippen LogP contribution in [-0.2, 0) is 11.2 Å². The Morgan fingerprint density at radius 1 is 1.18 bits per heavy atom. The van der Waals surface area contributed by atoms with Crippen molar-refractivity contribution in [2.45, 2.75) is 31.8 Å². The molecule has 0 saturated carbocycles. The maximum Gasteiger partial charge on any atom is 0.252 e. The third-order valence-electron chi connectivity index (χ3n) is 5.31. The Balaban J connectivity index is 1.56. The summed E-state index contributed by atoms with van der Waals surface area (Å²) in [6, 6.07) is 17.4. The Morgan fingerprint density at radius 3 is 2.50 bits per heavy atom. The van der Waals surface area contributed by atoms with Gasteiger partial charge in [0.2, 0.25) is 0 Å². The van der Waals surface area contributed by atoms with Gasteiger partial charge in [-0.2, -0.15) is 0 Å². The molecule has 1 aromatic heterocycles. The number of aromatic nitrogens is 4. The van der Waals surface area contributed by atoms with Crippen LogP contribution in [0.2, 0.25) is 0 Å². The van der Waals surface area contributed by atoms with Crippen LogP contribution < -0.4 is 4.74 Å². The van der Waals surface area contributed by atoms with E-state index in [1.807, 2.05) is 54.3 Å². The molecule has 1 amide bonds. The van der Waals surface area contributed by atoms with Gasteiger partial charge in [-0.15, -0.1) is 5.10 Å². The van der Waals surface area contributed by atoms with Crippen molar-refractivity contribution in [3.63, 3.8) is 0 Å². The van der Waals surface area contributed by atoms with Crippen molar-refractivity contribution >= 4 is 5.91 Å². The maximum absolute atomic E-state index is 13.5. The fourth-order valence-electron chi connectivity index (χ4n) is 3.63. The molecule has 0 bridgehead atoms. The van der Waals surface area contributed by atoms with E-state index in [1.165, 1.54) is 5.56 Å². The predicted molar refractivity (Wildman–Crippen MR) is 104 cm³/mol. The van der Waals surface area contributed by atoms with Gasteiger partial charge in [-0.05, 0) is 53.5 Å². The topological polar surface area (TPSA) is 73.1 Å². The lowest BCUT2D eigenvalue weighted by molar-refractivity contribution is -0.141. The van der Waals surface area contributed by atoms with E-state index in [-0.39, 0.29) is 11.9 Å². The predicted octanol–water partition coefficient (Wildman–Crippen LogP) is 2.42. The van der Waals surface area contributed by atoms with Crippen molar-refractivity contribution in [3.8, 4) is 5.75 Å². The number of ether oxygens (including phenoxy) is 1. The minimum atomic E-state index is -0.546. The molecule has 4 rings (SSSR count). The molecule has 2 unspecified atom stereocenters. The highest BCUT2D eigenvalue weighted by Crippen LogP contribution is 2.29. The Labute approximate surface area is 163 Å². The number of amides is 1. The molecule has 0 N–H and O–H groups in total. The monoisotopic (exact) mass is 377 g/mol. The summed E-state index contributed by atoms with van der Waals surface area (Å²) in [4.78, 5) is 15.4. The van der Waals surface area contributed by atoms with Crippen LogP contribution in [0.25, 0.3) is 0 Å². The van der Waals surface area contributed by atoms with Gasteiger partial charge in [0.05, 0.1) is 7.11 Å². The zero-order chi connectivity index (χ0) is 19.5. The molecule has 28 heavy (non-hydrogen) atoms. The van der Waals surface area contributed by atoms with Gasteiger partial charge in [-0.3, -0.25) is 4.79 Å². The number of benzene rings is 2. The standard InChI is InChI=1S/C21H23N5O2/c1-15-22-23-24-26(15)20(17-6-4-3-5-7-17)21(27)25-13-12-18(25)14-16-8-10-19(28-2)11-9-16/h3-11,18,20H,12-14H2,1-2H3. The molecule has 0 spiro atoms. The van der Waals surface area contributed by atoms with Gasteiger partial charge in [0.25, 0.3) is 5.91 Å². The van der Waals surface area contributed by atoms with E-state index >= 15 is 0 Å². The molecular weight excluding hydrogens is 354 g/mol. The smallest absolute Gasteiger partial charge is 0.252 e. The molecule has 0 aliphatic carbocycles. The number of likely N-dealkylation sites (tertiary alicyclic amines) is 1. The van der Waals surface area contributed by atoms with Crippen LogP contribution in [0, 0.1) is 6.92 Å². The highest BCUT2D eigenvalue weighted by molar-refractivity contribution is 5.84. The van der Waals surface area contributed by atoms with Crippen molar-refractivity contribution in [3.05, 3.63) is 71.5 Å². The van der Waals surface area contributed by atoms with Crippen LogP contribution in [0.4, 0.5) is 0 Å². The first-order valence-electron chi connectivity index (χ1n) is 9.40. The van der Waals surface area contributed by atoms with E-state index in [0.717, 1.165) is 30.7 Å². The summed E-state index contributed by atoms with van der Waals surface area (Å²) in [7, 11) is 1.66. The van der Waals surface area contributed by atoms with Crippen molar-refractivity contribution in [2.24, 2.45) is 0 Å². The van der Waals surface area contributed by atoms with Gasteiger partial charge < -0.3 is 9.64 Å². The molecule has 1 aliphatic heterocycles. The van der Waals surface area contributed by atoms with Crippen LogP contribution >= 0.6 is 0 Å². The largest absolute Gasteiger partial charge is 0.497 e. The number of methoxy groups -OCH3 is 1. The third-order valence-corrected chi connectivity index (χ3v) is 5.31. The van der Waals surface area contributed by atoms with Gasteiger partial charge in [0.15, 0.2) is 6.04 Å². The summed E-state index contributed by atoms with van der Waals surface area (Å²) in [5.41, 5.74) is 2.08. The molecule has 1 aliphatic rings. The number of carbonyl (C=O) groups is 1. The highest BCUT2D eigenvalue weighted by atomic mass is 16.5. The van der Waals surface area contributed by atoms with E-state index in [1.54, 1.807) is 11.8 Å². The first-order chi connectivity index (χ1) is 13.7. The van der Waals surface area contributed by atoms with E-state index in [0.29, 0.717) is 5.82 Å². The van der Waals surface area contributed by atoms with E-state index in [9.17, 15) is 4.79 Å². The summed E-state index contributed by atoms with van der Waals surface area (Å²) < 4.78 is 6.83. The summed E-state index contributed by atoms with van der Waals surface area (Å²) in [5, 5.41) is 11.8. The molecule has 144 valence electrons. The molecule has 1 saturated heterocycles. The Bertz CT molecular complexity index is 939. The molecule has 1 fully saturated rings. The molecule has 7 nitrogen and oxygen atoms in total. The molecule has 2 atom stereocenters. The second kappa shape index (κ2) is 7.80. The SMILES string of the molecule is COc1ccc(CC2CCN2C(=O)C(c2ccccc2)n2nnnc2C)cc1. The molecule has 2 heterocycles. The van der Waals surface area contributed by atoms with Crippen molar-refractivity contribution in [1.29, 1.82) is 0 Å². The number of hydrogen-bond donors (Lipinski definition) is 0. The third kappa shape index (κ3) is 3.47. The minimum Gasteiger partial charge on any atom is -0.497 e. The van der Waals surface area contributed by atoms with Crippen molar-refractivity contribution in [2.75, 3.05) is 13.7 Å². The lowest BCUT2D eigenvalue weighted by Gasteiger charge is -2.43. The second-order valence-electron chi connectivity index (χ2n) is 7.01. The molecule has 2 aromatic carbocycles. The zero-order valence-electron chi connectivity index (χ0n) is 16.0. The number of nitrogens with zero attached hydrogens (tertiary/aromatic N) is 5. The van der Waals surface area contributed by atoms with Crippen molar-refractivity contribution < 1.29 is 9.53 Å². The lowest BCUT2D eigenvalue weighted by Crippen LogP contribution is -2.54. The quantitative estimate of drug-likeness (QED) is 0.660. The molecular formula is C21H23N5O2. The minimum absolute atomic E-state index is 0.0337. The Kier molecular flexibility index (Phi) is 5.06. The number of carbonyl (C=O) groups excluding carboxylic acids is 1. The van der Waals surface area contributed by atoms with Gasteiger partial charge in [0.1, 0.15) is 11.6 Å². The van der Waals surface area contributed by atoms with E-state index < -0.39 is 6.04 Å². The van der Waals surface area contributed by atoms with Gasteiger partial charge in [-0.1, -0.05) is 42.5 Å². The molecule has 7 heteroatoms. The average Bonchev–Trinajstić information content (AvgIpc) is 3.12. The highest BCUT2D eigenvalue weighted by Gasteiger charge is 2.38. The van der Waals surface area contributed by atoms with Crippen molar-refractivity contribution in [1.82, 2.24) is 25.1 Å². The van der Waals surface area contributed by atoms with Crippen LogP contribution in [0.3, 0.4) is 0 Å². The fourth-order valence-corrected chi connectivity index (χ4v) is 3.63. The lowest BCUT2D eigenvalue weighted by atomic mass is 9.93. The number of rotatable bonds is 6. The number of tetrazole rings is 1. The Morgan fingerprint density at radius 2 is 1.93 bits per heavy atom. The normalized spacial score (nSPS) is 17.1. The van der Waals surface area contributed by atoms with E-state index in [4.69, 9.17) is 4.74 Å². The van der Waals surface area contributed by atoms with Gasteiger partial charge in [0, 0.05) is 12.6 Å². The average molecular weight is 377 g/mol. The molecule has 0 radical (unpaired) electrons. The van der Waals surface area contributed by atoms with Crippen LogP contribution in [0.5, 0.6) is 5.75 Å². The summed E-state index contributed by atoms with van der Waals surface area (Å²) in [6.07, 6.45) is 1.82. The zero-order valence-corrected chi connectivity index (χ0v) is 16.0. The van der Waals surface area contributed by atoms with Crippen LogP contribution in [-0.4, -0.2) is 50.7 Å². The summed E-state index contributed by atoms with van der Waals surface area (Å²) in [5.74, 6) is 1.49. The number of aryl methyl sites for hydroxylation is 1. The van der Waals surface area contributed by atoms with E-state index in [2.05, 4.69) is 27.7 Å². The first-order valence-corrected chi connectivity index (χ1v) is 9.40. The first kappa shape index (κ1) is 18.2. The van der Waals surface area contributed by atoms with Gasteiger partial charge in [-0.25, -0.2) is 4.68 Å². The van der Waals surface area contributed by atoms with Crippen LogP contribution in [0.15, 0.2) is 54.6 Å². The van der Waals surface area contributed by atoms with Crippen LogP contribution in [0.1, 0.15) is 29.4 Å². The summed E-state index contributed by atoms with van der Waals surface area (Å²) >= 11 is 0. The summed E-state index contributed by atoms with van der Waals surface area (Å²) in [6.45, 7) is 2.57. The number of hydrogen-bond acceptors (Lipinski definition) is 5. The fraction of sp³-hybridized carbons (Fsp3) is 0.333. The Hall–Kier alpha value is -3.22.